The number of aryl methyl sites for hydroxylation is 2. The van der Waals surface area contributed by atoms with Crippen molar-refractivity contribution in [2.45, 2.75) is 65.5 Å². The standard InChI is InChI=1S/C35H36ClN7O4S/c1-19-20(2)48-35-29(19)31(22-12-14-24(36)15-13-22)39-26(32-41-40-21(3)43(32)35)17-28(45)37-16-7-5-6-11-27(44)38-18-23-9-8-10-25-30(23)34(47)42(4)33(25)46/h8-10,12-15,26H,5-7,11,16-18H2,1-4H3,(H,37,45)(H,38,44)/t26-/m0/s1. The molecule has 6 rings (SSSR count). The molecular weight excluding hydrogens is 650 g/mol. The average Bonchev–Trinajstić information content (AvgIpc) is 3.63. The van der Waals surface area contributed by atoms with Crippen LogP contribution in [0.15, 0.2) is 47.5 Å². The Balaban J connectivity index is 1.03. The van der Waals surface area contributed by atoms with E-state index in [1.807, 2.05) is 35.8 Å². The maximum absolute atomic E-state index is 13.2. The van der Waals surface area contributed by atoms with Crippen molar-refractivity contribution in [3.8, 4) is 5.00 Å². The molecule has 0 saturated carbocycles. The predicted octanol–water partition coefficient (Wildman–Crippen LogP) is 5.41. The third kappa shape index (κ3) is 6.42. The molecule has 11 nitrogen and oxygen atoms in total. The number of hydrogen-bond donors (Lipinski definition) is 2. The summed E-state index contributed by atoms with van der Waals surface area (Å²) < 4.78 is 2.02. The van der Waals surface area contributed by atoms with Crippen molar-refractivity contribution in [1.29, 1.82) is 0 Å². The number of halogens is 1. The minimum Gasteiger partial charge on any atom is -0.356 e. The van der Waals surface area contributed by atoms with E-state index in [1.165, 1.54) is 11.9 Å². The van der Waals surface area contributed by atoms with E-state index in [2.05, 4.69) is 34.7 Å². The quantitative estimate of drug-likeness (QED) is 0.160. The number of unbranched alkanes of at least 4 members (excludes halogenated alkanes) is 2. The molecule has 4 amide bonds. The van der Waals surface area contributed by atoms with Crippen molar-refractivity contribution >= 4 is 52.3 Å². The molecule has 48 heavy (non-hydrogen) atoms. The van der Waals surface area contributed by atoms with E-state index >= 15 is 0 Å². The molecule has 4 aromatic rings. The third-order valence-corrected chi connectivity index (χ3v) is 10.3. The third-order valence-electron chi connectivity index (χ3n) is 8.82. The van der Waals surface area contributed by atoms with Crippen molar-refractivity contribution in [1.82, 2.24) is 30.3 Å². The number of carbonyl (C=O) groups excluding carboxylic acids is 4. The minimum atomic E-state index is -0.542. The predicted molar refractivity (Wildman–Crippen MR) is 184 cm³/mol. The lowest BCUT2D eigenvalue weighted by Crippen LogP contribution is -2.27. The topological polar surface area (TPSA) is 139 Å². The second kappa shape index (κ2) is 13.8. The van der Waals surface area contributed by atoms with Crippen LogP contribution in [0.4, 0.5) is 0 Å². The molecule has 2 aliphatic heterocycles. The molecule has 0 aliphatic carbocycles. The number of hydrogen-bond acceptors (Lipinski definition) is 8. The van der Waals surface area contributed by atoms with Crippen molar-refractivity contribution in [3.63, 3.8) is 0 Å². The molecule has 248 valence electrons. The summed E-state index contributed by atoms with van der Waals surface area (Å²) in [5.74, 6) is 0.398. The van der Waals surface area contributed by atoms with Gasteiger partial charge in [-0.1, -0.05) is 42.3 Å². The zero-order valence-electron chi connectivity index (χ0n) is 27.2. The summed E-state index contributed by atoms with van der Waals surface area (Å²) >= 11 is 7.86. The molecule has 2 aliphatic rings. The highest BCUT2D eigenvalue weighted by Gasteiger charge is 2.35. The zero-order chi connectivity index (χ0) is 34.1. The number of nitrogens with one attached hydrogen (secondary N) is 2. The van der Waals surface area contributed by atoms with Crippen molar-refractivity contribution in [2.24, 2.45) is 4.99 Å². The van der Waals surface area contributed by atoms with Crippen molar-refractivity contribution < 1.29 is 19.2 Å². The fraction of sp³-hybridized carbons (Fsp3) is 0.343. The van der Waals surface area contributed by atoms with Crippen LogP contribution in [-0.4, -0.2) is 62.6 Å². The molecule has 4 heterocycles. The van der Waals surface area contributed by atoms with Crippen LogP contribution in [0.2, 0.25) is 5.02 Å². The van der Waals surface area contributed by atoms with Crippen molar-refractivity contribution in [2.75, 3.05) is 13.6 Å². The van der Waals surface area contributed by atoms with Gasteiger partial charge in [-0.3, -0.25) is 33.6 Å². The molecule has 2 aromatic carbocycles. The van der Waals surface area contributed by atoms with E-state index in [9.17, 15) is 19.2 Å². The van der Waals surface area contributed by atoms with Gasteiger partial charge in [-0.2, -0.15) is 0 Å². The number of rotatable bonds is 11. The van der Waals surface area contributed by atoms with Crippen LogP contribution in [0.5, 0.6) is 0 Å². The molecule has 0 fully saturated rings. The molecule has 0 unspecified atom stereocenters. The number of benzene rings is 2. The van der Waals surface area contributed by atoms with Crippen LogP contribution in [0.1, 0.15) is 97.6 Å². The largest absolute Gasteiger partial charge is 0.356 e. The summed E-state index contributed by atoms with van der Waals surface area (Å²) in [5.41, 5.74) is 5.20. The Morgan fingerprint density at radius 2 is 1.69 bits per heavy atom. The van der Waals surface area contributed by atoms with Gasteiger partial charge in [0, 0.05) is 47.6 Å². The monoisotopic (exact) mass is 685 g/mol. The first-order chi connectivity index (χ1) is 23.0. The van der Waals surface area contributed by atoms with Gasteiger partial charge in [-0.25, -0.2) is 0 Å². The lowest BCUT2D eigenvalue weighted by Gasteiger charge is -2.13. The summed E-state index contributed by atoms with van der Waals surface area (Å²) in [6.45, 7) is 6.73. The summed E-state index contributed by atoms with van der Waals surface area (Å²) in [5, 5.41) is 16.3. The lowest BCUT2D eigenvalue weighted by molar-refractivity contribution is -0.122. The number of aliphatic imine (C=N–C) groups is 1. The Labute approximate surface area is 287 Å². The average molecular weight is 686 g/mol. The maximum Gasteiger partial charge on any atom is 0.261 e. The van der Waals surface area contributed by atoms with Crippen LogP contribution < -0.4 is 10.6 Å². The van der Waals surface area contributed by atoms with Gasteiger partial charge >= 0.3 is 0 Å². The molecule has 0 spiro atoms. The number of carbonyl (C=O) groups is 4. The second-order valence-electron chi connectivity index (χ2n) is 12.1. The van der Waals surface area contributed by atoms with Crippen LogP contribution in [-0.2, 0) is 16.1 Å². The molecule has 0 bridgehead atoms. The van der Waals surface area contributed by atoms with Crippen LogP contribution in [0.25, 0.3) is 5.00 Å². The van der Waals surface area contributed by atoms with Gasteiger partial charge in [-0.05, 0) is 62.9 Å². The summed E-state index contributed by atoms with van der Waals surface area (Å²) in [7, 11) is 1.45. The number of fused-ring (bicyclic) bond motifs is 4. The van der Waals surface area contributed by atoms with Gasteiger partial charge in [0.05, 0.1) is 23.3 Å². The SMILES string of the molecule is Cc1sc2c(c1C)C(c1ccc(Cl)cc1)=N[C@@H](CC(=O)NCCCCCC(=O)NCc1cccc3c1C(=O)N(C)C3=O)c1nnc(C)n1-2. The van der Waals surface area contributed by atoms with Crippen LogP contribution >= 0.6 is 22.9 Å². The summed E-state index contributed by atoms with van der Waals surface area (Å²) in [6.07, 6.45) is 2.54. The molecule has 2 N–H and O–H groups in total. The van der Waals surface area contributed by atoms with Crippen LogP contribution in [0.3, 0.4) is 0 Å². The molecule has 2 aromatic heterocycles. The van der Waals surface area contributed by atoms with Gasteiger partial charge < -0.3 is 10.6 Å². The van der Waals surface area contributed by atoms with Gasteiger partial charge in [0.15, 0.2) is 5.82 Å². The number of imide groups is 1. The second-order valence-corrected chi connectivity index (χ2v) is 13.7. The van der Waals surface area contributed by atoms with Gasteiger partial charge in [0.2, 0.25) is 11.8 Å². The molecule has 0 saturated heterocycles. The first kappa shape index (κ1) is 33.2. The highest BCUT2D eigenvalue weighted by Crippen LogP contribution is 2.39. The van der Waals surface area contributed by atoms with Gasteiger partial charge in [-0.15, -0.1) is 21.5 Å². The number of nitrogens with zero attached hydrogens (tertiary/aromatic N) is 5. The highest BCUT2D eigenvalue weighted by molar-refractivity contribution is 7.15. The van der Waals surface area contributed by atoms with Gasteiger partial charge in [0.25, 0.3) is 11.8 Å². The molecule has 1 atom stereocenters. The summed E-state index contributed by atoms with van der Waals surface area (Å²) in [6, 6.07) is 12.1. The smallest absolute Gasteiger partial charge is 0.261 e. The Morgan fingerprint density at radius 1 is 0.917 bits per heavy atom. The van der Waals surface area contributed by atoms with E-state index in [-0.39, 0.29) is 36.6 Å². The van der Waals surface area contributed by atoms with E-state index < -0.39 is 6.04 Å². The van der Waals surface area contributed by atoms with Crippen molar-refractivity contribution in [3.05, 3.63) is 97.4 Å². The highest BCUT2D eigenvalue weighted by atomic mass is 35.5. The normalized spacial score (nSPS) is 15.1. The molecular formula is C35H36ClN7O4S. The Bertz CT molecular complexity index is 1960. The first-order valence-electron chi connectivity index (χ1n) is 15.9. The number of thiophene rings is 1. The van der Waals surface area contributed by atoms with E-state index in [0.29, 0.717) is 53.3 Å². The van der Waals surface area contributed by atoms with Crippen LogP contribution in [0, 0.1) is 20.8 Å². The number of amides is 4. The molecule has 0 radical (unpaired) electrons. The zero-order valence-corrected chi connectivity index (χ0v) is 28.8. The Hall–Kier alpha value is -4.68. The minimum absolute atomic E-state index is 0.109. The fourth-order valence-corrected chi connectivity index (χ4v) is 7.44. The Morgan fingerprint density at radius 3 is 2.46 bits per heavy atom. The van der Waals surface area contributed by atoms with Gasteiger partial charge in [0.1, 0.15) is 16.9 Å². The van der Waals surface area contributed by atoms with E-state index in [4.69, 9.17) is 16.6 Å². The lowest BCUT2D eigenvalue weighted by atomic mass is 9.99. The molecule has 13 heteroatoms. The first-order valence-corrected chi connectivity index (χ1v) is 17.1. The maximum atomic E-state index is 13.2. The fourth-order valence-electron chi connectivity index (χ4n) is 6.10. The van der Waals surface area contributed by atoms with E-state index in [1.54, 1.807) is 29.5 Å². The van der Waals surface area contributed by atoms with E-state index in [0.717, 1.165) is 44.5 Å². The summed E-state index contributed by atoms with van der Waals surface area (Å²) in [4.78, 5) is 57.8. The number of aromatic nitrogens is 3. The Kier molecular flexibility index (Phi) is 9.56.